The monoisotopic (exact) mass is 308 g/mol. The third-order valence-corrected chi connectivity index (χ3v) is 3.13. The summed E-state index contributed by atoms with van der Waals surface area (Å²) in [6.07, 6.45) is 0. The number of nitrogens with one attached hydrogen (secondary N) is 1. The molecule has 0 fully saturated rings. The molecular formula is C12H13BrN4O. The van der Waals surface area contributed by atoms with Crippen LogP contribution in [0.5, 0.6) is 0 Å². The lowest BCUT2D eigenvalue weighted by Gasteiger charge is -2.07. The summed E-state index contributed by atoms with van der Waals surface area (Å²) >= 11 is 3.35. The second-order valence-electron chi connectivity index (χ2n) is 3.99. The van der Waals surface area contributed by atoms with Crippen molar-refractivity contribution in [2.45, 2.75) is 6.92 Å². The van der Waals surface area contributed by atoms with E-state index in [1.165, 1.54) is 0 Å². The summed E-state index contributed by atoms with van der Waals surface area (Å²) in [5.41, 5.74) is 8.26. The van der Waals surface area contributed by atoms with Crippen molar-refractivity contribution in [3.05, 3.63) is 40.1 Å². The van der Waals surface area contributed by atoms with E-state index in [0.717, 1.165) is 10.2 Å². The van der Waals surface area contributed by atoms with Crippen LogP contribution in [0.1, 0.15) is 16.2 Å². The molecule has 1 amide bonds. The van der Waals surface area contributed by atoms with Gasteiger partial charge in [-0.1, -0.05) is 0 Å². The number of hydrogen-bond donors (Lipinski definition) is 2. The van der Waals surface area contributed by atoms with E-state index in [-0.39, 0.29) is 5.91 Å². The molecule has 0 aliphatic heterocycles. The zero-order valence-electron chi connectivity index (χ0n) is 10.1. The van der Waals surface area contributed by atoms with E-state index in [0.29, 0.717) is 17.1 Å². The lowest BCUT2D eigenvalue weighted by Crippen LogP contribution is -2.16. The van der Waals surface area contributed by atoms with Crippen LogP contribution in [0.2, 0.25) is 0 Å². The maximum atomic E-state index is 12.1. The van der Waals surface area contributed by atoms with Gasteiger partial charge >= 0.3 is 0 Å². The van der Waals surface area contributed by atoms with Gasteiger partial charge in [-0.25, -0.2) is 0 Å². The van der Waals surface area contributed by atoms with Crippen molar-refractivity contribution >= 4 is 33.2 Å². The van der Waals surface area contributed by atoms with Crippen molar-refractivity contribution in [2.75, 3.05) is 11.1 Å². The molecule has 0 atom stereocenters. The molecule has 2 aromatic rings. The molecule has 0 spiro atoms. The quantitative estimate of drug-likeness (QED) is 0.836. The SMILES string of the molecule is Cc1cc(C(=O)Nc2ccc(N)cc2Br)n(C)n1. The Kier molecular flexibility index (Phi) is 3.38. The van der Waals surface area contributed by atoms with Gasteiger partial charge in [-0.2, -0.15) is 5.10 Å². The Morgan fingerprint density at radius 1 is 1.44 bits per heavy atom. The highest BCUT2D eigenvalue weighted by molar-refractivity contribution is 9.10. The van der Waals surface area contributed by atoms with E-state index in [9.17, 15) is 4.79 Å². The van der Waals surface area contributed by atoms with Gasteiger partial charge in [0.15, 0.2) is 0 Å². The highest BCUT2D eigenvalue weighted by atomic mass is 79.9. The number of carbonyl (C=O) groups is 1. The molecule has 6 heteroatoms. The third-order valence-electron chi connectivity index (χ3n) is 2.48. The summed E-state index contributed by atoms with van der Waals surface area (Å²) < 4.78 is 2.30. The Balaban J connectivity index is 2.24. The minimum absolute atomic E-state index is 0.205. The maximum absolute atomic E-state index is 12.1. The molecule has 0 unspecified atom stereocenters. The predicted molar refractivity (Wildman–Crippen MR) is 74.5 cm³/mol. The van der Waals surface area contributed by atoms with Crippen molar-refractivity contribution in [1.82, 2.24) is 9.78 Å². The summed E-state index contributed by atoms with van der Waals surface area (Å²) in [6.45, 7) is 1.84. The Morgan fingerprint density at radius 3 is 2.72 bits per heavy atom. The number of hydrogen-bond acceptors (Lipinski definition) is 3. The van der Waals surface area contributed by atoms with Crippen LogP contribution in [0.25, 0.3) is 0 Å². The second-order valence-corrected chi connectivity index (χ2v) is 4.84. The zero-order valence-corrected chi connectivity index (χ0v) is 11.7. The summed E-state index contributed by atoms with van der Waals surface area (Å²) in [5, 5.41) is 6.94. The van der Waals surface area contributed by atoms with Crippen molar-refractivity contribution in [1.29, 1.82) is 0 Å². The number of anilines is 2. The Hall–Kier alpha value is -1.82. The average molecular weight is 309 g/mol. The molecule has 2 rings (SSSR count). The highest BCUT2D eigenvalue weighted by Crippen LogP contribution is 2.25. The molecule has 0 radical (unpaired) electrons. The van der Waals surface area contributed by atoms with Gasteiger partial charge in [-0.05, 0) is 47.1 Å². The minimum Gasteiger partial charge on any atom is -0.399 e. The first-order valence-corrected chi connectivity index (χ1v) is 6.13. The van der Waals surface area contributed by atoms with Gasteiger partial charge in [0.05, 0.1) is 11.4 Å². The predicted octanol–water partition coefficient (Wildman–Crippen LogP) is 2.33. The molecule has 0 aliphatic carbocycles. The summed E-state index contributed by atoms with van der Waals surface area (Å²) in [5.74, 6) is -0.205. The molecule has 1 aromatic heterocycles. The van der Waals surface area contributed by atoms with Gasteiger partial charge in [-0.3, -0.25) is 9.48 Å². The molecule has 1 aromatic carbocycles. The van der Waals surface area contributed by atoms with Gasteiger partial charge in [0.2, 0.25) is 0 Å². The Labute approximate surface area is 113 Å². The van der Waals surface area contributed by atoms with E-state index in [2.05, 4.69) is 26.3 Å². The van der Waals surface area contributed by atoms with Crippen molar-refractivity contribution in [3.63, 3.8) is 0 Å². The largest absolute Gasteiger partial charge is 0.399 e. The van der Waals surface area contributed by atoms with Crippen molar-refractivity contribution < 1.29 is 4.79 Å². The number of nitrogens with two attached hydrogens (primary N) is 1. The number of halogens is 1. The number of rotatable bonds is 2. The van der Waals surface area contributed by atoms with Crippen LogP contribution in [0.3, 0.4) is 0 Å². The molecule has 3 N–H and O–H groups in total. The second kappa shape index (κ2) is 4.81. The number of aryl methyl sites for hydroxylation is 2. The summed E-state index contributed by atoms with van der Waals surface area (Å²) in [7, 11) is 1.74. The molecule has 0 aliphatic rings. The van der Waals surface area contributed by atoms with Crippen molar-refractivity contribution in [3.8, 4) is 0 Å². The van der Waals surface area contributed by atoms with Crippen LogP contribution in [0.4, 0.5) is 11.4 Å². The number of benzene rings is 1. The van der Waals surface area contributed by atoms with E-state index < -0.39 is 0 Å². The van der Waals surface area contributed by atoms with Crippen LogP contribution in [0.15, 0.2) is 28.7 Å². The number of amides is 1. The molecular weight excluding hydrogens is 296 g/mol. The summed E-state index contributed by atoms with van der Waals surface area (Å²) in [4.78, 5) is 12.1. The lowest BCUT2D eigenvalue weighted by molar-refractivity contribution is 0.101. The van der Waals surface area contributed by atoms with Gasteiger partial charge in [-0.15, -0.1) is 0 Å². The molecule has 1 heterocycles. The van der Waals surface area contributed by atoms with E-state index >= 15 is 0 Å². The number of nitrogen functional groups attached to an aromatic ring is 1. The van der Waals surface area contributed by atoms with Crippen LogP contribution >= 0.6 is 15.9 Å². The van der Waals surface area contributed by atoms with Gasteiger partial charge in [0.25, 0.3) is 5.91 Å². The number of aromatic nitrogens is 2. The van der Waals surface area contributed by atoms with Crippen LogP contribution in [0, 0.1) is 6.92 Å². The van der Waals surface area contributed by atoms with Crippen LogP contribution in [-0.2, 0) is 7.05 Å². The first kappa shape index (κ1) is 12.6. The first-order valence-electron chi connectivity index (χ1n) is 5.34. The lowest BCUT2D eigenvalue weighted by atomic mass is 10.2. The molecule has 94 valence electrons. The minimum atomic E-state index is -0.205. The van der Waals surface area contributed by atoms with E-state index in [1.54, 1.807) is 36.0 Å². The fraction of sp³-hybridized carbons (Fsp3) is 0.167. The fourth-order valence-electron chi connectivity index (χ4n) is 1.64. The maximum Gasteiger partial charge on any atom is 0.273 e. The molecule has 0 bridgehead atoms. The fourth-order valence-corrected chi connectivity index (χ4v) is 2.14. The van der Waals surface area contributed by atoms with Gasteiger partial charge < -0.3 is 11.1 Å². The topological polar surface area (TPSA) is 72.9 Å². The highest BCUT2D eigenvalue weighted by Gasteiger charge is 2.13. The normalized spacial score (nSPS) is 10.4. The molecule has 5 nitrogen and oxygen atoms in total. The number of carbonyl (C=O) groups excluding carboxylic acids is 1. The van der Waals surface area contributed by atoms with Gasteiger partial charge in [0, 0.05) is 17.2 Å². The van der Waals surface area contributed by atoms with E-state index in [1.807, 2.05) is 6.92 Å². The van der Waals surface area contributed by atoms with E-state index in [4.69, 9.17) is 5.73 Å². The number of nitrogens with zero attached hydrogens (tertiary/aromatic N) is 2. The van der Waals surface area contributed by atoms with Crippen molar-refractivity contribution in [2.24, 2.45) is 7.05 Å². The smallest absolute Gasteiger partial charge is 0.273 e. The molecule has 0 saturated carbocycles. The van der Waals surface area contributed by atoms with Crippen LogP contribution < -0.4 is 11.1 Å². The molecule has 18 heavy (non-hydrogen) atoms. The van der Waals surface area contributed by atoms with Crippen LogP contribution in [-0.4, -0.2) is 15.7 Å². The Morgan fingerprint density at radius 2 is 2.17 bits per heavy atom. The summed E-state index contributed by atoms with van der Waals surface area (Å²) in [6, 6.07) is 6.96. The zero-order chi connectivity index (χ0) is 13.3. The standard InChI is InChI=1S/C12H13BrN4O/c1-7-5-11(17(2)16-7)12(18)15-10-4-3-8(14)6-9(10)13/h3-6H,14H2,1-2H3,(H,15,18). The Bertz CT molecular complexity index is 606. The van der Waals surface area contributed by atoms with Gasteiger partial charge in [0.1, 0.15) is 5.69 Å². The average Bonchev–Trinajstić information content (AvgIpc) is 2.62. The molecule has 0 saturated heterocycles. The first-order chi connectivity index (χ1) is 8.47. The third kappa shape index (κ3) is 2.53.